The average molecular weight is 698 g/mol. The highest BCUT2D eigenvalue weighted by Gasteiger charge is 2.35. The largest absolute Gasteiger partial charge is 0.573 e. The first kappa shape index (κ1) is 34.6. The number of aryl methyl sites for hydroxylation is 1. The fraction of sp³-hybridized carbons (Fsp3) is 0.250. The zero-order chi connectivity index (χ0) is 35.3. The molecule has 0 saturated heterocycles. The quantitative estimate of drug-likeness (QED) is 0.163. The van der Waals surface area contributed by atoms with Crippen molar-refractivity contribution in [1.82, 2.24) is 14.5 Å². The van der Waals surface area contributed by atoms with Gasteiger partial charge >= 0.3 is 12.5 Å². The van der Waals surface area contributed by atoms with Crippen molar-refractivity contribution >= 4 is 9.84 Å². The number of alkyl halides is 6. The van der Waals surface area contributed by atoms with Gasteiger partial charge in [0.25, 0.3) is 0 Å². The van der Waals surface area contributed by atoms with Crippen molar-refractivity contribution < 1.29 is 53.4 Å². The van der Waals surface area contributed by atoms with Crippen LogP contribution >= 0.6 is 0 Å². The minimum absolute atomic E-state index is 0.0445. The summed E-state index contributed by atoms with van der Waals surface area (Å²) in [4.78, 5) is 7.79. The van der Waals surface area contributed by atoms with E-state index in [-0.39, 0.29) is 57.0 Å². The van der Waals surface area contributed by atoms with E-state index >= 15 is 4.39 Å². The van der Waals surface area contributed by atoms with Crippen LogP contribution < -0.4 is 4.74 Å². The highest BCUT2D eigenvalue weighted by Crippen LogP contribution is 2.41. The molecule has 0 aliphatic carbocycles. The molecule has 5 rings (SSSR count). The third kappa shape index (κ3) is 7.08. The minimum Gasteiger partial charge on any atom is -0.440 e. The van der Waals surface area contributed by atoms with Crippen molar-refractivity contribution in [3.63, 3.8) is 0 Å². The first-order valence-corrected chi connectivity index (χ1v) is 15.9. The molecule has 0 amide bonds. The van der Waals surface area contributed by atoms with Gasteiger partial charge in [-0.05, 0) is 66.6 Å². The lowest BCUT2D eigenvalue weighted by Crippen LogP contribution is -2.16. The lowest BCUT2D eigenvalue weighted by Gasteiger charge is -2.15. The van der Waals surface area contributed by atoms with E-state index in [2.05, 4.69) is 14.7 Å². The summed E-state index contributed by atoms with van der Waals surface area (Å²) in [6, 6.07) is 11.1. The Morgan fingerprint density at radius 2 is 1.58 bits per heavy atom. The molecule has 0 aliphatic rings. The number of imidazole rings is 1. The Morgan fingerprint density at radius 1 is 0.938 bits per heavy atom. The molecule has 0 fully saturated rings. The molecule has 3 aromatic carbocycles. The predicted molar refractivity (Wildman–Crippen MR) is 159 cm³/mol. The van der Waals surface area contributed by atoms with Crippen molar-refractivity contribution in [2.24, 2.45) is 0 Å². The van der Waals surface area contributed by atoms with Gasteiger partial charge < -0.3 is 18.8 Å². The molecule has 48 heavy (non-hydrogen) atoms. The lowest BCUT2D eigenvalue weighted by atomic mass is 9.97. The summed E-state index contributed by atoms with van der Waals surface area (Å²) in [5.41, 5.74) is -0.789. The highest BCUT2D eigenvalue weighted by molar-refractivity contribution is 7.90. The standard InChI is InChI=1S/C32H26F7N3O5S/c1-16(2)30-41-28(29(46-30)18-5-8-21(9-6-18)47-32(37,38)39)22-11-19(20-12-24(33)23(15-43)26(13-20)48(4,44)45)7-10-25(22)42-14-27(31(34,35)36)40-17(42)3/h5-14,16,43H,15H2,1-4H3. The number of halogens is 7. The second-order valence-electron chi connectivity index (χ2n) is 11.1. The fourth-order valence-corrected chi connectivity index (χ4v) is 5.95. The normalized spacial score (nSPS) is 12.6. The number of aliphatic hydroxyl groups is 1. The SMILES string of the molecule is Cc1nc(C(F)(F)F)cn1-c1ccc(-c2cc(F)c(CO)c(S(C)(=O)=O)c2)cc1-c1nc(C(C)C)oc1-c1ccc(OC(F)(F)F)cc1. The van der Waals surface area contributed by atoms with Gasteiger partial charge in [0.05, 0.1) is 17.2 Å². The van der Waals surface area contributed by atoms with Crippen LogP contribution in [0.25, 0.3) is 39.4 Å². The van der Waals surface area contributed by atoms with Gasteiger partial charge in [-0.1, -0.05) is 19.9 Å². The number of benzene rings is 3. The van der Waals surface area contributed by atoms with Crippen molar-refractivity contribution in [2.45, 2.75) is 50.7 Å². The predicted octanol–water partition coefficient (Wildman–Crippen LogP) is 8.25. The van der Waals surface area contributed by atoms with Crippen LogP contribution in [-0.4, -0.2) is 40.7 Å². The van der Waals surface area contributed by atoms with Gasteiger partial charge in [-0.15, -0.1) is 13.2 Å². The maximum atomic E-state index is 15.1. The number of sulfone groups is 1. The summed E-state index contributed by atoms with van der Waals surface area (Å²) < 4.78 is 131. The van der Waals surface area contributed by atoms with Gasteiger partial charge in [-0.3, -0.25) is 0 Å². The van der Waals surface area contributed by atoms with Gasteiger partial charge in [-0.2, -0.15) is 13.2 Å². The van der Waals surface area contributed by atoms with E-state index in [9.17, 15) is 39.9 Å². The van der Waals surface area contributed by atoms with Gasteiger partial charge in [0, 0.05) is 35.1 Å². The smallest absolute Gasteiger partial charge is 0.440 e. The molecule has 5 aromatic rings. The second-order valence-corrected chi connectivity index (χ2v) is 13.1. The number of nitrogens with zero attached hydrogens (tertiary/aromatic N) is 3. The van der Waals surface area contributed by atoms with Crippen LogP contribution in [0.1, 0.15) is 42.7 Å². The van der Waals surface area contributed by atoms with Gasteiger partial charge in [0.15, 0.2) is 27.2 Å². The summed E-state index contributed by atoms with van der Waals surface area (Å²) in [6.07, 6.45) is -8.10. The highest BCUT2D eigenvalue weighted by atomic mass is 32.2. The Morgan fingerprint density at radius 3 is 2.12 bits per heavy atom. The minimum atomic E-state index is -4.94. The maximum Gasteiger partial charge on any atom is 0.573 e. The van der Waals surface area contributed by atoms with Crippen LogP contribution in [0.2, 0.25) is 0 Å². The Bertz CT molecular complexity index is 2100. The molecule has 1 N–H and O–H groups in total. The first-order valence-electron chi connectivity index (χ1n) is 14.1. The number of hydrogen-bond acceptors (Lipinski definition) is 7. The van der Waals surface area contributed by atoms with Crippen LogP contribution in [0.15, 0.2) is 70.1 Å². The number of rotatable bonds is 8. The molecule has 2 heterocycles. The lowest BCUT2D eigenvalue weighted by molar-refractivity contribution is -0.274. The summed E-state index contributed by atoms with van der Waals surface area (Å²) >= 11 is 0. The van der Waals surface area contributed by atoms with Crippen molar-refractivity contribution in [3.05, 3.63) is 89.6 Å². The molecule has 0 aliphatic heterocycles. The van der Waals surface area contributed by atoms with Crippen molar-refractivity contribution in [1.29, 1.82) is 0 Å². The molecule has 254 valence electrons. The Hall–Kier alpha value is -4.70. The van der Waals surface area contributed by atoms with Crippen LogP contribution in [0, 0.1) is 12.7 Å². The molecule has 0 saturated carbocycles. The molecule has 0 atom stereocenters. The fourth-order valence-electron chi connectivity index (χ4n) is 5.00. The molecule has 0 spiro atoms. The number of aliphatic hydroxyl groups excluding tert-OH is 1. The van der Waals surface area contributed by atoms with Crippen LogP contribution in [0.4, 0.5) is 30.7 Å². The number of ether oxygens (including phenoxy) is 1. The van der Waals surface area contributed by atoms with Gasteiger partial charge in [-0.25, -0.2) is 22.8 Å². The van der Waals surface area contributed by atoms with E-state index in [4.69, 9.17) is 4.42 Å². The maximum absolute atomic E-state index is 15.1. The molecular formula is C32H26F7N3O5S. The number of hydrogen-bond donors (Lipinski definition) is 1. The Kier molecular flexibility index (Phi) is 8.94. The summed E-state index contributed by atoms with van der Waals surface area (Å²) in [5, 5.41) is 9.65. The van der Waals surface area contributed by atoms with Gasteiger partial charge in [0.1, 0.15) is 23.1 Å². The van der Waals surface area contributed by atoms with E-state index in [1.54, 1.807) is 13.8 Å². The van der Waals surface area contributed by atoms with E-state index in [1.807, 2.05) is 0 Å². The van der Waals surface area contributed by atoms with Crippen molar-refractivity contribution in [3.8, 4) is 45.1 Å². The number of oxazole rings is 1. The molecule has 2 aromatic heterocycles. The first-order chi connectivity index (χ1) is 22.3. The zero-order valence-electron chi connectivity index (χ0n) is 25.5. The summed E-state index contributed by atoms with van der Waals surface area (Å²) in [7, 11) is -4.02. The molecular weight excluding hydrogens is 671 g/mol. The zero-order valence-corrected chi connectivity index (χ0v) is 26.4. The van der Waals surface area contributed by atoms with E-state index < -0.39 is 56.7 Å². The van der Waals surface area contributed by atoms with Crippen LogP contribution in [0.5, 0.6) is 5.75 Å². The molecule has 0 unspecified atom stereocenters. The molecule has 16 heteroatoms. The Balaban J connectivity index is 1.79. The molecule has 8 nitrogen and oxygen atoms in total. The topological polar surface area (TPSA) is 107 Å². The monoisotopic (exact) mass is 697 g/mol. The summed E-state index contributed by atoms with van der Waals surface area (Å²) in [6.45, 7) is 3.96. The number of aromatic nitrogens is 3. The molecule has 0 radical (unpaired) electrons. The average Bonchev–Trinajstić information content (AvgIpc) is 3.60. The van der Waals surface area contributed by atoms with Crippen molar-refractivity contribution in [2.75, 3.05) is 6.26 Å². The van der Waals surface area contributed by atoms with E-state index in [1.165, 1.54) is 37.3 Å². The Labute approximate surface area is 269 Å². The van der Waals surface area contributed by atoms with Crippen LogP contribution in [-0.2, 0) is 22.6 Å². The van der Waals surface area contributed by atoms with Gasteiger partial charge in [0.2, 0.25) is 0 Å². The second kappa shape index (κ2) is 12.4. The van der Waals surface area contributed by atoms with E-state index in [0.717, 1.165) is 41.3 Å². The third-order valence-corrected chi connectivity index (χ3v) is 8.38. The van der Waals surface area contributed by atoms with E-state index in [0.29, 0.717) is 0 Å². The molecule has 0 bridgehead atoms. The third-order valence-electron chi connectivity index (χ3n) is 7.22. The summed E-state index contributed by atoms with van der Waals surface area (Å²) in [5.74, 6) is -1.67. The van der Waals surface area contributed by atoms with Crippen LogP contribution in [0.3, 0.4) is 0 Å².